The summed E-state index contributed by atoms with van der Waals surface area (Å²) in [6.07, 6.45) is 4.84. The van der Waals surface area contributed by atoms with Gasteiger partial charge in [0, 0.05) is 95.6 Å². The van der Waals surface area contributed by atoms with E-state index in [1.165, 1.54) is 52.0 Å². The zero-order chi connectivity index (χ0) is 52.8. The summed E-state index contributed by atoms with van der Waals surface area (Å²) < 4.78 is 109. The maximum Gasteiger partial charge on any atom is 0.289 e. The van der Waals surface area contributed by atoms with Crippen LogP contribution in [0.4, 0.5) is 26.3 Å². The zero-order valence-electron chi connectivity index (χ0n) is 43.7. The van der Waals surface area contributed by atoms with Crippen LogP contribution in [0.3, 0.4) is 0 Å². The van der Waals surface area contributed by atoms with Crippen LogP contribution in [0.2, 0.25) is 51.4 Å². The first kappa shape index (κ1) is 56.9. The highest BCUT2D eigenvalue weighted by Crippen LogP contribution is 2.47. The number of aromatic amines is 1. The lowest BCUT2D eigenvalue weighted by Gasteiger charge is -2.43. The summed E-state index contributed by atoms with van der Waals surface area (Å²) in [7, 11) is -2.58. The smallest absolute Gasteiger partial charge is 0.289 e. The van der Waals surface area contributed by atoms with Crippen LogP contribution in [0.15, 0.2) is 60.9 Å². The first-order valence-electron chi connectivity index (χ1n) is 24.8. The van der Waals surface area contributed by atoms with Gasteiger partial charge in [-0.15, -0.1) is 0 Å². The second-order valence-electron chi connectivity index (χ2n) is 23.3. The van der Waals surface area contributed by atoms with E-state index >= 15 is 26.3 Å². The maximum absolute atomic E-state index is 15.5. The molecule has 392 valence electrons. The molecule has 18 heteroatoms. The van der Waals surface area contributed by atoms with Crippen LogP contribution in [-0.2, 0) is 35.8 Å². The van der Waals surface area contributed by atoms with Crippen molar-refractivity contribution in [3.8, 4) is 0 Å². The van der Waals surface area contributed by atoms with Gasteiger partial charge in [-0.2, -0.15) is 0 Å². The van der Waals surface area contributed by atoms with Gasteiger partial charge in [0.25, 0.3) is 5.65 Å². The molecule has 8 rings (SSSR count). The molecule has 0 radical (unpaired) electrons. The molecule has 0 bridgehead atoms. The molecular formula is C54H71F6I2N6O2Si2+. The molecule has 1 N–H and O–H groups in total. The molecule has 8 nitrogen and oxygen atoms in total. The van der Waals surface area contributed by atoms with Crippen LogP contribution in [0.1, 0.15) is 87.3 Å². The Kier molecular flexibility index (Phi) is 17.7. The molecule has 6 heterocycles. The third kappa shape index (κ3) is 13.2. The fraction of sp³-hybridized carbons (Fsp3) is 0.519. The standard InChI is InChI=1S/2C27H35F3IN3OSi/c2*1-17-12-20-19-8-7-9-32-26(19)34(16-35-10-11-36(4,5)6)24(20)25(33(17)15-27(2,3)30)23-21(28)13-18(31)14-22(23)29/h2*7-9,13-14,17,25H,10-12,15-16H2,1-6H3/p+1. The van der Waals surface area contributed by atoms with Crippen molar-refractivity contribution in [1.29, 1.82) is 0 Å². The Morgan fingerprint density at radius 1 is 0.653 bits per heavy atom. The lowest BCUT2D eigenvalue weighted by Crippen LogP contribution is -2.48. The molecule has 0 fully saturated rings. The average molecular weight is 1260 g/mol. The van der Waals surface area contributed by atoms with Crippen molar-refractivity contribution in [1.82, 2.24) is 23.9 Å². The summed E-state index contributed by atoms with van der Waals surface area (Å²) in [5.74, 6) is -2.50. The van der Waals surface area contributed by atoms with Crippen LogP contribution in [0, 0.1) is 30.4 Å². The Bertz CT molecular complexity index is 2650. The predicted molar refractivity (Wildman–Crippen MR) is 298 cm³/mol. The Morgan fingerprint density at radius 2 is 1.07 bits per heavy atom. The van der Waals surface area contributed by atoms with Gasteiger partial charge in [0.05, 0.1) is 17.6 Å². The van der Waals surface area contributed by atoms with Gasteiger partial charge in [-0.3, -0.25) is 9.80 Å². The number of nitrogens with one attached hydrogen (secondary N) is 1. The van der Waals surface area contributed by atoms with Gasteiger partial charge < -0.3 is 14.0 Å². The van der Waals surface area contributed by atoms with Gasteiger partial charge in [-0.05, 0) is 166 Å². The monoisotopic (exact) mass is 1260 g/mol. The number of hydrogen-bond acceptors (Lipinski definition) is 5. The molecule has 0 amide bonds. The summed E-state index contributed by atoms with van der Waals surface area (Å²) in [6.45, 7) is 25.6. The second-order valence-corrected chi connectivity index (χ2v) is 37.1. The first-order chi connectivity index (χ1) is 33.5. The largest absolute Gasteiger partial charge is 0.361 e. The predicted octanol–water partition coefficient (Wildman–Crippen LogP) is 14.1. The summed E-state index contributed by atoms with van der Waals surface area (Å²) in [5.41, 5.74) is 1.89. The van der Waals surface area contributed by atoms with Gasteiger partial charge in [-0.25, -0.2) is 40.9 Å². The molecule has 72 heavy (non-hydrogen) atoms. The van der Waals surface area contributed by atoms with Crippen molar-refractivity contribution in [2.75, 3.05) is 26.3 Å². The lowest BCUT2D eigenvalue weighted by atomic mass is 9.87. The van der Waals surface area contributed by atoms with Crippen LogP contribution in [0.25, 0.3) is 22.1 Å². The Balaban J connectivity index is 0.000000211. The molecule has 2 aliphatic heterocycles. The normalized spacial score (nSPS) is 19.2. The molecule has 0 aliphatic carbocycles. The van der Waals surface area contributed by atoms with Gasteiger partial charge >= 0.3 is 0 Å². The molecule has 4 atom stereocenters. The van der Waals surface area contributed by atoms with E-state index in [0.29, 0.717) is 33.2 Å². The molecule has 4 unspecified atom stereocenters. The van der Waals surface area contributed by atoms with E-state index in [4.69, 9.17) is 9.47 Å². The van der Waals surface area contributed by atoms with E-state index in [-0.39, 0.29) is 49.8 Å². The molecule has 2 aromatic carbocycles. The molecule has 2 aliphatic rings. The van der Waals surface area contributed by atoms with Gasteiger partial charge in [0.2, 0.25) is 0 Å². The SMILES string of the molecule is CC1Cc2c(n(COCC[Si](C)(C)C)c3[nH+]cccc23)C(c2c(F)cc(I)cc2F)N1CC(C)(C)F.CC1Cc2c(n(COCC[Si](C)(C)C)c3ncccc23)C(c2c(F)cc(I)cc2F)N1CC(C)(C)F. The Morgan fingerprint density at radius 3 is 1.51 bits per heavy atom. The fourth-order valence-corrected chi connectivity index (χ4v) is 12.8. The number of nitrogens with zero attached hydrogens (tertiary/aromatic N) is 5. The quantitative estimate of drug-likeness (QED) is 0.0418. The third-order valence-electron chi connectivity index (χ3n) is 13.5. The van der Waals surface area contributed by atoms with Gasteiger partial charge in [-0.1, -0.05) is 39.3 Å². The highest BCUT2D eigenvalue weighted by molar-refractivity contribution is 14.1. The third-order valence-corrected chi connectivity index (χ3v) is 18.1. The van der Waals surface area contributed by atoms with Crippen LogP contribution in [0.5, 0.6) is 0 Å². The minimum atomic E-state index is -1.55. The minimum Gasteiger partial charge on any atom is -0.361 e. The van der Waals surface area contributed by atoms with E-state index in [1.807, 2.05) is 108 Å². The summed E-state index contributed by atoms with van der Waals surface area (Å²) in [5, 5.41) is 1.95. The average Bonchev–Trinajstić information content (AvgIpc) is 3.72. The molecule has 0 spiro atoms. The van der Waals surface area contributed by atoms with Crippen molar-refractivity contribution in [3.05, 3.63) is 125 Å². The number of benzene rings is 2. The number of fused-ring (bicyclic) bond motifs is 6. The lowest BCUT2D eigenvalue weighted by molar-refractivity contribution is -0.350. The summed E-state index contributed by atoms with van der Waals surface area (Å²) in [6, 6.07) is 13.4. The number of alkyl halides is 2. The van der Waals surface area contributed by atoms with E-state index in [2.05, 4.69) is 49.3 Å². The molecule has 4 aromatic heterocycles. The number of ether oxygens (including phenoxy) is 2. The topological polar surface area (TPSA) is 61.8 Å². The van der Waals surface area contributed by atoms with Gasteiger partial charge in [0.15, 0.2) is 6.73 Å². The summed E-state index contributed by atoms with van der Waals surface area (Å²) in [4.78, 5) is 11.8. The number of H-pyrrole nitrogens is 1. The number of aromatic nitrogens is 4. The fourth-order valence-electron chi connectivity index (χ4n) is 10.2. The first-order valence-corrected chi connectivity index (χ1v) is 34.4. The highest BCUT2D eigenvalue weighted by atomic mass is 127. The van der Waals surface area contributed by atoms with Crippen molar-refractivity contribution in [2.45, 2.75) is 155 Å². The van der Waals surface area contributed by atoms with E-state index in [9.17, 15) is 0 Å². The maximum atomic E-state index is 15.5. The van der Waals surface area contributed by atoms with Crippen LogP contribution < -0.4 is 4.98 Å². The van der Waals surface area contributed by atoms with E-state index < -0.39 is 62.8 Å². The van der Waals surface area contributed by atoms with Crippen molar-refractivity contribution in [3.63, 3.8) is 0 Å². The van der Waals surface area contributed by atoms with E-state index in [0.717, 1.165) is 56.7 Å². The molecule has 0 saturated heterocycles. The number of hydrogen-bond donors (Lipinski definition) is 0. The van der Waals surface area contributed by atoms with Crippen molar-refractivity contribution >= 4 is 83.4 Å². The number of rotatable bonds is 16. The summed E-state index contributed by atoms with van der Waals surface area (Å²) >= 11 is 3.83. The van der Waals surface area contributed by atoms with Gasteiger partial charge in [0.1, 0.15) is 58.7 Å². The van der Waals surface area contributed by atoms with E-state index in [1.54, 1.807) is 6.20 Å². The minimum absolute atomic E-state index is 0.0363. The number of pyridine rings is 2. The Labute approximate surface area is 450 Å². The van der Waals surface area contributed by atoms with Crippen LogP contribution >= 0.6 is 45.2 Å². The van der Waals surface area contributed by atoms with Crippen molar-refractivity contribution in [2.24, 2.45) is 0 Å². The van der Waals surface area contributed by atoms with Crippen molar-refractivity contribution < 1.29 is 40.8 Å². The molecule has 6 aromatic rings. The Hall–Kier alpha value is -2.87. The molecular weight excluding hydrogens is 1190 g/mol. The number of halogens is 8. The zero-order valence-corrected chi connectivity index (χ0v) is 50.0. The molecule has 0 saturated carbocycles. The van der Waals surface area contributed by atoms with Crippen LogP contribution in [-0.4, -0.2) is 89.8 Å². The second kappa shape index (κ2) is 22.4. The highest BCUT2D eigenvalue weighted by Gasteiger charge is 2.46.